The lowest BCUT2D eigenvalue weighted by Gasteiger charge is -2.39. The Hall–Kier alpha value is -4.92. The molecular weight excluding hydrogens is 592 g/mol. The molecule has 0 saturated heterocycles. The number of nitriles is 1. The van der Waals surface area contributed by atoms with Crippen LogP contribution in [0, 0.1) is 11.3 Å². The van der Waals surface area contributed by atoms with Gasteiger partial charge in [0.15, 0.2) is 0 Å². The maximum absolute atomic E-state index is 9.39. The SMILES string of the molecule is CCc1cccc(C(Nc2ccc(C#N)cc2)c2nc(Br)cn2C(c2ccccc2)(c2ccccc2)c2ccccc2)c1. The first-order chi connectivity index (χ1) is 21.1. The van der Waals surface area contributed by atoms with Gasteiger partial charge in [-0.25, -0.2) is 4.98 Å². The molecule has 4 nitrogen and oxygen atoms in total. The van der Waals surface area contributed by atoms with Crippen LogP contribution in [-0.4, -0.2) is 9.55 Å². The van der Waals surface area contributed by atoms with Crippen LogP contribution < -0.4 is 5.32 Å². The Kier molecular flexibility index (Phi) is 8.22. The first-order valence-electron chi connectivity index (χ1n) is 14.4. The summed E-state index contributed by atoms with van der Waals surface area (Å²) in [6.07, 6.45) is 3.02. The topological polar surface area (TPSA) is 53.6 Å². The molecule has 0 aliphatic heterocycles. The molecule has 1 aromatic heterocycles. The van der Waals surface area contributed by atoms with Crippen molar-refractivity contribution in [2.24, 2.45) is 0 Å². The largest absolute Gasteiger partial charge is 0.372 e. The highest BCUT2D eigenvalue weighted by Crippen LogP contribution is 2.44. The van der Waals surface area contributed by atoms with Crippen molar-refractivity contribution in [3.8, 4) is 6.07 Å². The molecule has 1 N–H and O–H groups in total. The lowest BCUT2D eigenvalue weighted by Crippen LogP contribution is -2.39. The second-order valence-corrected chi connectivity index (χ2v) is 11.3. The van der Waals surface area contributed by atoms with Crippen molar-refractivity contribution >= 4 is 21.6 Å². The molecule has 0 amide bonds. The fraction of sp³-hybridized carbons (Fsp3) is 0.105. The van der Waals surface area contributed by atoms with Crippen LogP contribution in [0.15, 0.2) is 150 Å². The molecule has 1 unspecified atom stereocenters. The minimum atomic E-state index is -0.731. The molecule has 5 aromatic carbocycles. The Labute approximate surface area is 261 Å². The minimum absolute atomic E-state index is 0.304. The number of nitrogens with one attached hydrogen (secondary N) is 1. The highest BCUT2D eigenvalue weighted by atomic mass is 79.9. The number of hydrogen-bond acceptors (Lipinski definition) is 3. The second-order valence-electron chi connectivity index (χ2n) is 10.5. The van der Waals surface area contributed by atoms with E-state index in [1.165, 1.54) is 5.56 Å². The molecule has 6 aromatic rings. The Balaban J connectivity index is 1.66. The maximum atomic E-state index is 9.39. The molecular formula is C38H31BrN4. The van der Waals surface area contributed by atoms with Crippen molar-refractivity contribution in [1.29, 1.82) is 5.26 Å². The summed E-state index contributed by atoms with van der Waals surface area (Å²) in [4.78, 5) is 5.18. The van der Waals surface area contributed by atoms with Crippen molar-refractivity contribution < 1.29 is 0 Å². The fourth-order valence-electron chi connectivity index (χ4n) is 5.89. The molecule has 0 saturated carbocycles. The summed E-state index contributed by atoms with van der Waals surface area (Å²) >= 11 is 3.77. The van der Waals surface area contributed by atoms with Crippen LogP contribution in [0.1, 0.15) is 52.2 Å². The van der Waals surface area contributed by atoms with Gasteiger partial charge in [0.25, 0.3) is 0 Å². The molecule has 0 fully saturated rings. The number of benzene rings is 5. The number of nitrogens with zero attached hydrogens (tertiary/aromatic N) is 3. The van der Waals surface area contributed by atoms with Crippen molar-refractivity contribution in [2.45, 2.75) is 24.9 Å². The summed E-state index contributed by atoms with van der Waals surface area (Å²) < 4.78 is 3.06. The van der Waals surface area contributed by atoms with E-state index >= 15 is 0 Å². The Morgan fingerprint density at radius 1 is 0.767 bits per heavy atom. The Bertz CT molecular complexity index is 1740. The van der Waals surface area contributed by atoms with Gasteiger partial charge in [-0.2, -0.15) is 5.26 Å². The molecule has 43 heavy (non-hydrogen) atoms. The Morgan fingerprint density at radius 2 is 1.33 bits per heavy atom. The zero-order valence-electron chi connectivity index (χ0n) is 23.9. The van der Waals surface area contributed by atoms with Gasteiger partial charge < -0.3 is 9.88 Å². The lowest BCUT2D eigenvalue weighted by molar-refractivity contribution is 0.487. The number of imidazole rings is 1. The molecule has 0 radical (unpaired) electrons. The molecule has 5 heteroatoms. The molecule has 0 bridgehead atoms. The molecule has 210 valence electrons. The van der Waals surface area contributed by atoms with Crippen molar-refractivity contribution in [1.82, 2.24) is 9.55 Å². The highest BCUT2D eigenvalue weighted by Gasteiger charge is 2.41. The first kappa shape index (κ1) is 28.2. The van der Waals surface area contributed by atoms with E-state index in [0.717, 1.165) is 44.8 Å². The standard InChI is InChI=1S/C38H31BrN4/c1-2-28-13-12-14-30(25-28)36(41-34-23-21-29(26-40)22-24-34)37-42-35(39)27-43(37)38(31-15-6-3-7-16-31,32-17-8-4-9-18-32)33-19-10-5-11-20-33/h3-25,27,36,41H,2H2,1H3. The van der Waals surface area contributed by atoms with Gasteiger partial charge >= 0.3 is 0 Å². The fourth-order valence-corrected chi connectivity index (χ4v) is 6.28. The lowest BCUT2D eigenvalue weighted by atomic mass is 9.76. The van der Waals surface area contributed by atoms with E-state index in [-0.39, 0.29) is 6.04 Å². The quantitative estimate of drug-likeness (QED) is 0.164. The van der Waals surface area contributed by atoms with Crippen LogP contribution in [-0.2, 0) is 12.0 Å². The molecule has 6 rings (SSSR count). The van der Waals surface area contributed by atoms with E-state index in [1.54, 1.807) is 0 Å². The number of aryl methyl sites for hydroxylation is 1. The molecule has 1 heterocycles. The summed E-state index contributed by atoms with van der Waals surface area (Å²) in [7, 11) is 0. The summed E-state index contributed by atoms with van der Waals surface area (Å²) in [6, 6.07) is 50.1. The number of anilines is 1. The average molecular weight is 624 g/mol. The monoisotopic (exact) mass is 622 g/mol. The molecule has 0 spiro atoms. The normalized spacial score (nSPS) is 11.9. The number of rotatable bonds is 9. The van der Waals surface area contributed by atoms with Crippen LogP contribution in [0.4, 0.5) is 5.69 Å². The van der Waals surface area contributed by atoms with Gasteiger partial charge in [0.05, 0.1) is 11.6 Å². The van der Waals surface area contributed by atoms with E-state index < -0.39 is 5.54 Å². The van der Waals surface area contributed by atoms with Crippen molar-refractivity contribution in [2.75, 3.05) is 5.32 Å². The summed E-state index contributed by atoms with van der Waals surface area (Å²) in [5, 5.41) is 13.2. The third kappa shape index (κ3) is 5.50. The molecule has 0 aliphatic rings. The van der Waals surface area contributed by atoms with E-state index in [2.05, 4.69) is 160 Å². The van der Waals surface area contributed by atoms with Crippen LogP contribution >= 0.6 is 15.9 Å². The van der Waals surface area contributed by atoms with Gasteiger partial charge in [0, 0.05) is 11.9 Å². The molecule has 0 aliphatic carbocycles. The smallest absolute Gasteiger partial charge is 0.138 e. The number of halogens is 1. The highest BCUT2D eigenvalue weighted by molar-refractivity contribution is 9.10. The summed E-state index contributed by atoms with van der Waals surface area (Å²) in [5.74, 6) is 0.848. The third-order valence-corrected chi connectivity index (χ3v) is 8.30. The number of aromatic nitrogens is 2. The van der Waals surface area contributed by atoms with Crippen LogP contribution in [0.3, 0.4) is 0 Å². The minimum Gasteiger partial charge on any atom is -0.372 e. The zero-order chi connectivity index (χ0) is 29.6. The van der Waals surface area contributed by atoms with E-state index in [9.17, 15) is 5.26 Å². The van der Waals surface area contributed by atoms with Crippen LogP contribution in [0.25, 0.3) is 0 Å². The third-order valence-electron chi connectivity index (χ3n) is 7.92. The van der Waals surface area contributed by atoms with E-state index in [1.807, 2.05) is 24.3 Å². The maximum Gasteiger partial charge on any atom is 0.138 e. The van der Waals surface area contributed by atoms with Crippen molar-refractivity contribution in [3.05, 3.63) is 190 Å². The first-order valence-corrected chi connectivity index (χ1v) is 15.2. The van der Waals surface area contributed by atoms with Gasteiger partial charge in [-0.3, -0.25) is 0 Å². The van der Waals surface area contributed by atoms with Crippen molar-refractivity contribution in [3.63, 3.8) is 0 Å². The van der Waals surface area contributed by atoms with Gasteiger partial charge in [-0.1, -0.05) is 122 Å². The van der Waals surface area contributed by atoms with E-state index in [4.69, 9.17) is 4.98 Å². The van der Waals surface area contributed by atoms with Gasteiger partial charge in [-0.05, 0) is 74.4 Å². The summed E-state index contributed by atoms with van der Waals surface area (Å²) in [5.41, 5.74) is 6.52. The van der Waals surface area contributed by atoms with Crippen LogP contribution in [0.2, 0.25) is 0 Å². The Morgan fingerprint density at radius 3 is 1.84 bits per heavy atom. The zero-order valence-corrected chi connectivity index (χ0v) is 25.4. The van der Waals surface area contributed by atoms with Gasteiger partial charge in [-0.15, -0.1) is 0 Å². The number of hydrogen-bond donors (Lipinski definition) is 1. The van der Waals surface area contributed by atoms with Gasteiger partial charge in [0.1, 0.15) is 22.0 Å². The van der Waals surface area contributed by atoms with Crippen LogP contribution in [0.5, 0.6) is 0 Å². The average Bonchev–Trinajstić information content (AvgIpc) is 3.46. The van der Waals surface area contributed by atoms with Gasteiger partial charge in [0.2, 0.25) is 0 Å². The summed E-state index contributed by atoms with van der Waals surface area (Å²) in [6.45, 7) is 2.17. The van der Waals surface area contributed by atoms with E-state index in [0.29, 0.717) is 5.56 Å². The molecule has 1 atom stereocenters. The predicted molar refractivity (Wildman–Crippen MR) is 177 cm³/mol. The predicted octanol–water partition coefficient (Wildman–Crippen LogP) is 9.12. The second kappa shape index (κ2) is 12.5.